The fourth-order valence-electron chi connectivity index (χ4n) is 1.69. The number of aryl methyl sites for hydroxylation is 1. The summed E-state index contributed by atoms with van der Waals surface area (Å²) in [4.78, 5) is 4.16. The molecule has 0 amide bonds. The van der Waals surface area contributed by atoms with E-state index >= 15 is 0 Å². The van der Waals surface area contributed by atoms with Crippen LogP contribution in [0, 0.1) is 5.82 Å². The summed E-state index contributed by atoms with van der Waals surface area (Å²) in [5.41, 5.74) is 0.421. The number of benzene rings is 1. The fraction of sp³-hybridized carbons (Fsp3) is 0.308. The molecular formula is C13H14BrFN2O. The Morgan fingerprint density at radius 1 is 1.44 bits per heavy atom. The molecule has 0 bridgehead atoms. The molecule has 1 aromatic carbocycles. The van der Waals surface area contributed by atoms with Gasteiger partial charge < -0.3 is 9.73 Å². The third-order valence-corrected chi connectivity index (χ3v) is 3.24. The Hall–Kier alpha value is -1.20. The van der Waals surface area contributed by atoms with Gasteiger partial charge in [-0.3, -0.25) is 0 Å². The van der Waals surface area contributed by atoms with Crippen LogP contribution in [-0.4, -0.2) is 18.6 Å². The van der Waals surface area contributed by atoms with Crippen molar-refractivity contribution in [2.45, 2.75) is 12.8 Å². The predicted octanol–water partition coefficient (Wildman–Crippen LogP) is 3.40. The Kier molecular flexibility index (Phi) is 4.49. The van der Waals surface area contributed by atoms with Crippen LogP contribution in [0.1, 0.15) is 12.3 Å². The zero-order valence-corrected chi connectivity index (χ0v) is 11.6. The van der Waals surface area contributed by atoms with Gasteiger partial charge in [-0.05, 0) is 48.1 Å². The molecule has 1 N–H and O–H groups in total. The lowest BCUT2D eigenvalue weighted by molar-refractivity contribution is 0.492. The first-order chi connectivity index (χ1) is 8.72. The van der Waals surface area contributed by atoms with E-state index in [1.807, 2.05) is 7.05 Å². The Labute approximate surface area is 114 Å². The van der Waals surface area contributed by atoms with Crippen LogP contribution in [-0.2, 0) is 6.42 Å². The first-order valence-electron chi connectivity index (χ1n) is 5.76. The second-order valence-electron chi connectivity index (χ2n) is 3.92. The van der Waals surface area contributed by atoms with Gasteiger partial charge in [-0.2, -0.15) is 0 Å². The highest BCUT2D eigenvalue weighted by Crippen LogP contribution is 2.31. The molecule has 0 aliphatic rings. The summed E-state index contributed by atoms with van der Waals surface area (Å²) in [6, 6.07) is 4.83. The average molecular weight is 313 g/mol. The maximum atomic E-state index is 13.7. The molecule has 3 nitrogen and oxygen atoms in total. The Morgan fingerprint density at radius 2 is 2.28 bits per heavy atom. The van der Waals surface area contributed by atoms with Crippen molar-refractivity contribution < 1.29 is 8.81 Å². The number of hydrogen-bond donors (Lipinski definition) is 1. The molecule has 0 unspecified atom stereocenters. The fourth-order valence-corrected chi connectivity index (χ4v) is 2.23. The molecule has 0 radical (unpaired) electrons. The molecule has 0 atom stereocenters. The van der Waals surface area contributed by atoms with Gasteiger partial charge in [0.2, 0.25) is 0 Å². The van der Waals surface area contributed by atoms with Crippen LogP contribution in [0.15, 0.2) is 33.3 Å². The normalized spacial score (nSPS) is 10.8. The summed E-state index contributed by atoms with van der Waals surface area (Å²) in [7, 11) is 1.90. The number of aromatic nitrogens is 1. The van der Waals surface area contributed by atoms with Crippen LogP contribution in [0.25, 0.3) is 11.3 Å². The van der Waals surface area contributed by atoms with Crippen LogP contribution in [0.2, 0.25) is 0 Å². The third-order valence-electron chi connectivity index (χ3n) is 2.58. The summed E-state index contributed by atoms with van der Waals surface area (Å²) in [5.74, 6) is 0.775. The minimum atomic E-state index is -0.317. The van der Waals surface area contributed by atoms with Crippen molar-refractivity contribution in [3.05, 3.63) is 40.6 Å². The summed E-state index contributed by atoms with van der Waals surface area (Å²) in [5, 5.41) is 3.06. The molecule has 0 fully saturated rings. The van der Waals surface area contributed by atoms with E-state index in [0.29, 0.717) is 21.7 Å². The molecule has 0 saturated heterocycles. The topological polar surface area (TPSA) is 38.1 Å². The molecule has 2 aromatic rings. The SMILES string of the molecule is CNCCCc1ncc(-c2c(F)cccc2Br)o1. The Bertz CT molecular complexity index is 507. The molecule has 18 heavy (non-hydrogen) atoms. The average Bonchev–Trinajstić information content (AvgIpc) is 2.78. The van der Waals surface area contributed by atoms with E-state index < -0.39 is 0 Å². The van der Waals surface area contributed by atoms with Gasteiger partial charge in [-0.25, -0.2) is 9.37 Å². The van der Waals surface area contributed by atoms with E-state index in [-0.39, 0.29) is 5.82 Å². The quantitative estimate of drug-likeness (QED) is 0.860. The van der Waals surface area contributed by atoms with Gasteiger partial charge >= 0.3 is 0 Å². The summed E-state index contributed by atoms with van der Waals surface area (Å²) in [6.07, 6.45) is 3.25. The minimum absolute atomic E-state index is 0.317. The first-order valence-corrected chi connectivity index (χ1v) is 6.55. The molecule has 0 spiro atoms. The van der Waals surface area contributed by atoms with Crippen molar-refractivity contribution >= 4 is 15.9 Å². The number of hydrogen-bond acceptors (Lipinski definition) is 3. The van der Waals surface area contributed by atoms with Crippen molar-refractivity contribution in [1.82, 2.24) is 10.3 Å². The van der Waals surface area contributed by atoms with E-state index in [1.165, 1.54) is 6.07 Å². The van der Waals surface area contributed by atoms with Crippen LogP contribution in [0.4, 0.5) is 4.39 Å². The van der Waals surface area contributed by atoms with Crippen molar-refractivity contribution in [1.29, 1.82) is 0 Å². The van der Waals surface area contributed by atoms with E-state index in [4.69, 9.17) is 4.42 Å². The molecule has 0 saturated carbocycles. The smallest absolute Gasteiger partial charge is 0.194 e. The van der Waals surface area contributed by atoms with Gasteiger partial charge in [-0.15, -0.1) is 0 Å². The van der Waals surface area contributed by atoms with Crippen LogP contribution in [0.3, 0.4) is 0 Å². The molecule has 1 heterocycles. The lowest BCUT2D eigenvalue weighted by Crippen LogP contribution is -2.08. The molecule has 1 aromatic heterocycles. The molecular weight excluding hydrogens is 299 g/mol. The summed E-state index contributed by atoms with van der Waals surface area (Å²) < 4.78 is 20.0. The van der Waals surface area contributed by atoms with E-state index in [1.54, 1.807) is 18.3 Å². The maximum Gasteiger partial charge on any atom is 0.194 e. The van der Waals surface area contributed by atoms with E-state index in [9.17, 15) is 4.39 Å². The van der Waals surface area contributed by atoms with Gasteiger partial charge in [-0.1, -0.05) is 6.07 Å². The molecule has 0 aliphatic carbocycles. The number of nitrogens with zero attached hydrogens (tertiary/aromatic N) is 1. The van der Waals surface area contributed by atoms with Gasteiger partial charge in [0.15, 0.2) is 11.7 Å². The Morgan fingerprint density at radius 3 is 3.00 bits per heavy atom. The van der Waals surface area contributed by atoms with Gasteiger partial charge in [0.05, 0.1) is 11.8 Å². The number of halogens is 2. The maximum absolute atomic E-state index is 13.7. The van der Waals surface area contributed by atoms with Gasteiger partial charge in [0.25, 0.3) is 0 Å². The van der Waals surface area contributed by atoms with Crippen molar-refractivity contribution in [2.75, 3.05) is 13.6 Å². The molecule has 0 aliphatic heterocycles. The van der Waals surface area contributed by atoms with Crippen LogP contribution >= 0.6 is 15.9 Å². The Balaban J connectivity index is 2.19. The second kappa shape index (κ2) is 6.11. The van der Waals surface area contributed by atoms with E-state index in [0.717, 1.165) is 19.4 Å². The molecule has 2 rings (SSSR count). The summed E-state index contributed by atoms with van der Waals surface area (Å²) >= 11 is 3.32. The van der Waals surface area contributed by atoms with Crippen LogP contribution < -0.4 is 5.32 Å². The van der Waals surface area contributed by atoms with Crippen molar-refractivity contribution in [3.63, 3.8) is 0 Å². The highest BCUT2D eigenvalue weighted by molar-refractivity contribution is 9.10. The zero-order chi connectivity index (χ0) is 13.0. The summed E-state index contributed by atoms with van der Waals surface area (Å²) in [6.45, 7) is 0.904. The van der Waals surface area contributed by atoms with Crippen molar-refractivity contribution in [2.24, 2.45) is 0 Å². The first kappa shape index (κ1) is 13.2. The standard InChI is InChI=1S/C13H14BrFN2O/c1-16-7-3-6-12-17-8-11(18-12)13-9(14)4-2-5-10(13)15/h2,4-5,8,16H,3,6-7H2,1H3. The number of nitrogens with one attached hydrogen (secondary N) is 1. The monoisotopic (exact) mass is 312 g/mol. The predicted molar refractivity (Wildman–Crippen MR) is 71.8 cm³/mol. The lowest BCUT2D eigenvalue weighted by atomic mass is 10.2. The zero-order valence-electron chi connectivity index (χ0n) is 10.0. The number of rotatable bonds is 5. The van der Waals surface area contributed by atoms with Crippen LogP contribution in [0.5, 0.6) is 0 Å². The van der Waals surface area contributed by atoms with Crippen molar-refractivity contribution in [3.8, 4) is 11.3 Å². The number of oxazole rings is 1. The highest BCUT2D eigenvalue weighted by atomic mass is 79.9. The van der Waals surface area contributed by atoms with Gasteiger partial charge in [0.1, 0.15) is 5.82 Å². The lowest BCUT2D eigenvalue weighted by Gasteiger charge is -2.01. The third kappa shape index (κ3) is 2.97. The highest BCUT2D eigenvalue weighted by Gasteiger charge is 2.14. The largest absolute Gasteiger partial charge is 0.441 e. The second-order valence-corrected chi connectivity index (χ2v) is 4.78. The van der Waals surface area contributed by atoms with Gasteiger partial charge in [0, 0.05) is 10.9 Å². The molecule has 96 valence electrons. The van der Waals surface area contributed by atoms with E-state index in [2.05, 4.69) is 26.2 Å². The minimum Gasteiger partial charge on any atom is -0.441 e. The molecule has 5 heteroatoms.